The molecule has 5 nitrogen and oxygen atoms in total. The molecular formula is C10H10F4N4O. The molecule has 2 atom stereocenters. The molecule has 1 aliphatic heterocycles. The Hall–Kier alpha value is -1.77. The van der Waals surface area contributed by atoms with Crippen LogP contribution in [0.4, 0.5) is 23.4 Å². The second-order valence-corrected chi connectivity index (χ2v) is 4.07. The molecule has 2 rings (SSSR count). The minimum absolute atomic E-state index is 0.0157. The van der Waals surface area contributed by atoms with Gasteiger partial charge in [0.05, 0.1) is 18.4 Å². The Balaban J connectivity index is 2.05. The van der Waals surface area contributed by atoms with E-state index in [1.54, 1.807) is 0 Å². The first kappa shape index (κ1) is 13.7. The molecule has 2 N–H and O–H groups in total. The molecule has 1 amide bonds. The zero-order valence-electron chi connectivity index (χ0n) is 9.54. The largest absolute Gasteiger partial charge is 0.434 e. The highest BCUT2D eigenvalue weighted by atomic mass is 19.4. The summed E-state index contributed by atoms with van der Waals surface area (Å²) in [6.07, 6.45) is -4.24. The van der Waals surface area contributed by atoms with Gasteiger partial charge in [-0.25, -0.2) is 9.37 Å². The topological polar surface area (TPSA) is 66.9 Å². The van der Waals surface area contributed by atoms with Gasteiger partial charge in [-0.2, -0.15) is 13.2 Å². The van der Waals surface area contributed by atoms with Crippen molar-refractivity contribution in [2.75, 3.05) is 11.9 Å². The molecule has 1 aromatic heterocycles. The summed E-state index contributed by atoms with van der Waals surface area (Å²) in [6, 6.07) is -0.772. The SMILES string of the molecule is O=C(Nc1cncc(C(F)(F)F)n1)[C@@H]1C[C@@H](F)CN1. The Labute approximate surface area is 105 Å². The molecule has 1 fully saturated rings. The first-order chi connectivity index (χ1) is 8.86. The van der Waals surface area contributed by atoms with Crippen LogP contribution in [0.3, 0.4) is 0 Å². The van der Waals surface area contributed by atoms with Crippen molar-refractivity contribution in [3.05, 3.63) is 18.1 Å². The zero-order valence-corrected chi connectivity index (χ0v) is 9.54. The fourth-order valence-electron chi connectivity index (χ4n) is 1.67. The maximum absolute atomic E-state index is 12.9. The molecule has 0 unspecified atom stereocenters. The molecule has 104 valence electrons. The smallest absolute Gasteiger partial charge is 0.308 e. The summed E-state index contributed by atoms with van der Waals surface area (Å²) in [4.78, 5) is 18.2. The minimum atomic E-state index is -4.64. The fraction of sp³-hybridized carbons (Fsp3) is 0.500. The number of hydrogen-bond donors (Lipinski definition) is 2. The normalized spacial score (nSPS) is 23.4. The van der Waals surface area contributed by atoms with Crippen LogP contribution in [-0.2, 0) is 11.0 Å². The van der Waals surface area contributed by atoms with Gasteiger partial charge in [-0.3, -0.25) is 9.78 Å². The first-order valence-corrected chi connectivity index (χ1v) is 5.44. The molecule has 0 radical (unpaired) electrons. The van der Waals surface area contributed by atoms with Gasteiger partial charge in [0, 0.05) is 13.0 Å². The third-order valence-electron chi connectivity index (χ3n) is 2.57. The number of halogens is 4. The van der Waals surface area contributed by atoms with Crippen molar-refractivity contribution in [3.63, 3.8) is 0 Å². The van der Waals surface area contributed by atoms with Crippen molar-refractivity contribution < 1.29 is 22.4 Å². The van der Waals surface area contributed by atoms with Crippen LogP contribution in [0.25, 0.3) is 0 Å². The fourth-order valence-corrected chi connectivity index (χ4v) is 1.67. The van der Waals surface area contributed by atoms with Gasteiger partial charge in [0.25, 0.3) is 0 Å². The molecule has 19 heavy (non-hydrogen) atoms. The number of hydrogen-bond acceptors (Lipinski definition) is 4. The number of aromatic nitrogens is 2. The van der Waals surface area contributed by atoms with E-state index in [1.807, 2.05) is 0 Å². The molecule has 1 aliphatic rings. The van der Waals surface area contributed by atoms with Crippen molar-refractivity contribution in [3.8, 4) is 0 Å². The summed E-state index contributed by atoms with van der Waals surface area (Å²) >= 11 is 0. The number of alkyl halides is 4. The molecule has 1 saturated heterocycles. The average Bonchev–Trinajstić information content (AvgIpc) is 2.75. The van der Waals surface area contributed by atoms with Gasteiger partial charge in [-0.05, 0) is 0 Å². The summed E-state index contributed by atoms with van der Waals surface area (Å²) in [6.45, 7) is 0.0480. The Morgan fingerprint density at radius 1 is 1.42 bits per heavy atom. The zero-order chi connectivity index (χ0) is 14.0. The summed E-state index contributed by atoms with van der Waals surface area (Å²) in [5, 5.41) is 4.79. The molecule has 2 heterocycles. The van der Waals surface area contributed by atoms with Crippen LogP contribution in [-0.4, -0.2) is 34.6 Å². The average molecular weight is 278 g/mol. The Bertz CT molecular complexity index is 479. The van der Waals surface area contributed by atoms with Crippen molar-refractivity contribution >= 4 is 11.7 Å². The molecule has 1 aromatic rings. The molecule has 0 aliphatic carbocycles. The lowest BCUT2D eigenvalue weighted by atomic mass is 10.2. The van der Waals surface area contributed by atoms with Gasteiger partial charge in [-0.1, -0.05) is 0 Å². The Morgan fingerprint density at radius 3 is 2.74 bits per heavy atom. The monoisotopic (exact) mass is 278 g/mol. The van der Waals surface area contributed by atoms with E-state index in [2.05, 4.69) is 20.6 Å². The van der Waals surface area contributed by atoms with Gasteiger partial charge in [-0.15, -0.1) is 0 Å². The summed E-state index contributed by atoms with van der Waals surface area (Å²) in [5.41, 5.74) is -1.20. The third kappa shape index (κ3) is 3.37. The lowest BCUT2D eigenvalue weighted by molar-refractivity contribution is -0.141. The van der Waals surface area contributed by atoms with Crippen LogP contribution in [0.2, 0.25) is 0 Å². The van der Waals surface area contributed by atoms with E-state index >= 15 is 0 Å². The van der Waals surface area contributed by atoms with Gasteiger partial charge in [0.2, 0.25) is 5.91 Å². The van der Waals surface area contributed by atoms with Crippen molar-refractivity contribution in [1.82, 2.24) is 15.3 Å². The van der Waals surface area contributed by atoms with E-state index in [9.17, 15) is 22.4 Å². The van der Waals surface area contributed by atoms with Crippen molar-refractivity contribution in [1.29, 1.82) is 0 Å². The van der Waals surface area contributed by atoms with Crippen LogP contribution < -0.4 is 10.6 Å². The van der Waals surface area contributed by atoms with E-state index < -0.39 is 30.0 Å². The molecule has 9 heteroatoms. The van der Waals surface area contributed by atoms with Crippen LogP contribution in [0.15, 0.2) is 12.4 Å². The second kappa shape index (κ2) is 5.08. The van der Waals surface area contributed by atoms with Crippen LogP contribution >= 0.6 is 0 Å². The van der Waals surface area contributed by atoms with E-state index in [0.717, 1.165) is 6.20 Å². The van der Waals surface area contributed by atoms with Gasteiger partial charge in [0.1, 0.15) is 6.17 Å². The van der Waals surface area contributed by atoms with Crippen molar-refractivity contribution in [2.24, 2.45) is 0 Å². The molecule has 0 aromatic carbocycles. The molecule has 0 bridgehead atoms. The van der Waals surface area contributed by atoms with Crippen LogP contribution in [0.1, 0.15) is 12.1 Å². The number of rotatable bonds is 2. The van der Waals surface area contributed by atoms with Gasteiger partial charge in [0.15, 0.2) is 11.5 Å². The number of amides is 1. The first-order valence-electron chi connectivity index (χ1n) is 5.44. The number of anilines is 1. The van der Waals surface area contributed by atoms with Crippen LogP contribution in [0.5, 0.6) is 0 Å². The predicted molar refractivity (Wildman–Crippen MR) is 57.0 cm³/mol. The Morgan fingerprint density at radius 2 is 2.16 bits per heavy atom. The van der Waals surface area contributed by atoms with E-state index in [0.29, 0.717) is 6.20 Å². The van der Waals surface area contributed by atoms with E-state index in [1.165, 1.54) is 0 Å². The molecule has 0 spiro atoms. The maximum Gasteiger partial charge on any atom is 0.434 e. The quantitative estimate of drug-likeness (QED) is 0.796. The van der Waals surface area contributed by atoms with Gasteiger partial charge < -0.3 is 10.6 Å². The number of carbonyl (C=O) groups excluding carboxylic acids is 1. The summed E-state index contributed by atoms with van der Waals surface area (Å²) < 4.78 is 50.0. The predicted octanol–water partition coefficient (Wildman–Crippen LogP) is 1.13. The summed E-state index contributed by atoms with van der Waals surface area (Å²) in [5.74, 6) is -0.947. The van der Waals surface area contributed by atoms with E-state index in [-0.39, 0.29) is 18.8 Å². The summed E-state index contributed by atoms with van der Waals surface area (Å²) in [7, 11) is 0. The molecule has 0 saturated carbocycles. The van der Waals surface area contributed by atoms with Gasteiger partial charge >= 0.3 is 6.18 Å². The highest BCUT2D eigenvalue weighted by Gasteiger charge is 2.34. The highest BCUT2D eigenvalue weighted by molar-refractivity contribution is 5.94. The van der Waals surface area contributed by atoms with Crippen molar-refractivity contribution in [2.45, 2.75) is 24.8 Å². The number of nitrogens with one attached hydrogen (secondary N) is 2. The van der Waals surface area contributed by atoms with Crippen LogP contribution in [0, 0.1) is 0 Å². The Kier molecular flexibility index (Phi) is 3.65. The maximum atomic E-state index is 12.9. The second-order valence-electron chi connectivity index (χ2n) is 4.07. The minimum Gasteiger partial charge on any atom is -0.308 e. The lowest BCUT2D eigenvalue weighted by Crippen LogP contribution is -2.35. The highest BCUT2D eigenvalue weighted by Crippen LogP contribution is 2.27. The molecular weight excluding hydrogens is 268 g/mol. The van der Waals surface area contributed by atoms with E-state index in [4.69, 9.17) is 0 Å². The lowest BCUT2D eigenvalue weighted by Gasteiger charge is -2.11. The third-order valence-corrected chi connectivity index (χ3v) is 2.57. The standard InChI is InChI=1S/C10H10F4N4O/c11-5-1-6(16-2-5)9(19)18-8-4-15-3-7(17-8)10(12,13)14/h3-6,16H,1-2H2,(H,17,18,19)/t5-,6+/m1/s1. The number of carbonyl (C=O) groups is 1. The number of nitrogens with zero attached hydrogens (tertiary/aromatic N) is 2.